The largest absolute Gasteiger partial charge is 0.382 e. The molecule has 0 aromatic carbocycles. The van der Waals surface area contributed by atoms with Gasteiger partial charge in [0.1, 0.15) is 5.02 Å². The zero-order valence-electron chi connectivity index (χ0n) is 12.9. The lowest BCUT2D eigenvalue weighted by atomic mass is 9.98. The topological polar surface area (TPSA) is 50.2 Å². The summed E-state index contributed by atoms with van der Waals surface area (Å²) in [6.07, 6.45) is 6.08. The van der Waals surface area contributed by atoms with Gasteiger partial charge in [-0.3, -0.25) is 4.79 Å². The van der Waals surface area contributed by atoms with Crippen LogP contribution in [0.1, 0.15) is 32.6 Å². The van der Waals surface area contributed by atoms with Gasteiger partial charge in [-0.1, -0.05) is 24.9 Å². The lowest BCUT2D eigenvalue weighted by molar-refractivity contribution is 0.217. The number of likely N-dealkylation sites (tertiary alicyclic amines) is 1. The van der Waals surface area contributed by atoms with E-state index in [1.807, 2.05) is 0 Å². The Labute approximate surface area is 131 Å². The summed E-state index contributed by atoms with van der Waals surface area (Å²) >= 11 is 6.18. The Kier molecular flexibility index (Phi) is 6.06. The van der Waals surface area contributed by atoms with Gasteiger partial charge in [-0.15, -0.1) is 0 Å². The van der Waals surface area contributed by atoms with Crippen LogP contribution in [0.25, 0.3) is 0 Å². The number of hydrogen-bond donors (Lipinski definition) is 1. The van der Waals surface area contributed by atoms with Crippen molar-refractivity contribution < 1.29 is 0 Å². The van der Waals surface area contributed by atoms with Crippen LogP contribution in [0.15, 0.2) is 11.0 Å². The summed E-state index contributed by atoms with van der Waals surface area (Å²) in [5, 5.41) is 7.75. The van der Waals surface area contributed by atoms with Crippen molar-refractivity contribution >= 4 is 17.3 Å². The SMILES string of the molecule is CCCCn1ncc(NCC2CCCN(C)C2)c(Cl)c1=O. The molecule has 1 aromatic heterocycles. The fourth-order valence-electron chi connectivity index (χ4n) is 2.75. The van der Waals surface area contributed by atoms with Gasteiger partial charge in [0, 0.05) is 19.6 Å². The average molecular weight is 313 g/mol. The second-order valence-electron chi connectivity index (χ2n) is 5.91. The second kappa shape index (κ2) is 7.80. The molecule has 118 valence electrons. The molecule has 0 radical (unpaired) electrons. The number of piperidine rings is 1. The molecule has 21 heavy (non-hydrogen) atoms. The number of aromatic nitrogens is 2. The standard InChI is InChI=1S/C15H25ClN4O/c1-3-4-8-20-15(21)14(16)13(10-18-20)17-9-12-6-5-7-19(2)11-12/h10,12,17H,3-9,11H2,1-2H3. The van der Waals surface area contributed by atoms with Crippen molar-refractivity contribution in [3.63, 3.8) is 0 Å². The smallest absolute Gasteiger partial charge is 0.287 e. The van der Waals surface area contributed by atoms with E-state index >= 15 is 0 Å². The zero-order chi connectivity index (χ0) is 15.2. The summed E-state index contributed by atoms with van der Waals surface area (Å²) < 4.78 is 1.45. The zero-order valence-corrected chi connectivity index (χ0v) is 13.7. The number of hydrogen-bond acceptors (Lipinski definition) is 4. The molecule has 1 atom stereocenters. The second-order valence-corrected chi connectivity index (χ2v) is 6.28. The first-order valence-electron chi connectivity index (χ1n) is 7.79. The van der Waals surface area contributed by atoms with Crippen LogP contribution < -0.4 is 10.9 Å². The third-order valence-electron chi connectivity index (χ3n) is 4.01. The van der Waals surface area contributed by atoms with Gasteiger partial charge in [0.15, 0.2) is 0 Å². The number of unbranched alkanes of at least 4 members (excludes halogenated alkanes) is 1. The fourth-order valence-corrected chi connectivity index (χ4v) is 2.96. The number of nitrogens with zero attached hydrogens (tertiary/aromatic N) is 3. The maximum absolute atomic E-state index is 12.1. The monoisotopic (exact) mass is 312 g/mol. The van der Waals surface area contributed by atoms with E-state index < -0.39 is 0 Å². The van der Waals surface area contributed by atoms with Gasteiger partial charge in [-0.25, -0.2) is 4.68 Å². The minimum absolute atomic E-state index is 0.198. The average Bonchev–Trinajstić information content (AvgIpc) is 2.48. The van der Waals surface area contributed by atoms with Crippen molar-refractivity contribution in [1.29, 1.82) is 0 Å². The molecule has 0 bridgehead atoms. The summed E-state index contributed by atoms with van der Waals surface area (Å²) in [6, 6.07) is 0. The maximum Gasteiger partial charge on any atom is 0.287 e. The molecular formula is C15H25ClN4O. The van der Waals surface area contributed by atoms with E-state index in [1.165, 1.54) is 24.1 Å². The van der Waals surface area contributed by atoms with E-state index in [0.717, 1.165) is 25.9 Å². The van der Waals surface area contributed by atoms with Crippen molar-refractivity contribution in [1.82, 2.24) is 14.7 Å². The maximum atomic E-state index is 12.1. The van der Waals surface area contributed by atoms with E-state index in [0.29, 0.717) is 18.2 Å². The molecule has 1 aliphatic heterocycles. The minimum atomic E-state index is -0.198. The normalized spacial score (nSPS) is 19.7. The van der Waals surface area contributed by atoms with Crippen LogP contribution in [0.4, 0.5) is 5.69 Å². The molecule has 0 amide bonds. The van der Waals surface area contributed by atoms with Gasteiger partial charge >= 0.3 is 0 Å². The Morgan fingerprint density at radius 1 is 1.52 bits per heavy atom. The van der Waals surface area contributed by atoms with Crippen LogP contribution in [-0.4, -0.2) is 41.4 Å². The highest BCUT2D eigenvalue weighted by atomic mass is 35.5. The van der Waals surface area contributed by atoms with E-state index in [-0.39, 0.29) is 10.6 Å². The molecular weight excluding hydrogens is 288 g/mol. The van der Waals surface area contributed by atoms with E-state index in [9.17, 15) is 4.79 Å². The quantitative estimate of drug-likeness (QED) is 0.876. The summed E-state index contributed by atoms with van der Waals surface area (Å²) in [4.78, 5) is 14.5. The third-order valence-corrected chi connectivity index (χ3v) is 4.38. The van der Waals surface area contributed by atoms with Crippen molar-refractivity contribution in [3.8, 4) is 0 Å². The predicted octanol–water partition coefficient (Wildman–Crippen LogP) is 2.45. The molecule has 2 rings (SSSR count). The molecule has 1 unspecified atom stereocenters. The predicted molar refractivity (Wildman–Crippen MR) is 87.1 cm³/mol. The molecule has 1 saturated heterocycles. The van der Waals surface area contributed by atoms with E-state index in [1.54, 1.807) is 6.20 Å². The molecule has 0 aliphatic carbocycles. The van der Waals surface area contributed by atoms with Crippen molar-refractivity contribution in [3.05, 3.63) is 21.6 Å². The molecule has 5 nitrogen and oxygen atoms in total. The van der Waals surface area contributed by atoms with Crippen molar-refractivity contribution in [2.75, 3.05) is 32.0 Å². The van der Waals surface area contributed by atoms with Crippen LogP contribution in [0.3, 0.4) is 0 Å². The van der Waals surface area contributed by atoms with Gasteiger partial charge in [-0.2, -0.15) is 5.10 Å². The number of aryl methyl sites for hydroxylation is 1. The first-order valence-corrected chi connectivity index (χ1v) is 8.17. The first kappa shape index (κ1) is 16.3. The number of anilines is 1. The van der Waals surface area contributed by atoms with Gasteiger partial charge in [0.2, 0.25) is 0 Å². The van der Waals surface area contributed by atoms with E-state index in [2.05, 4.69) is 29.3 Å². The first-order chi connectivity index (χ1) is 10.1. The van der Waals surface area contributed by atoms with Gasteiger partial charge < -0.3 is 10.2 Å². The number of halogens is 1. The Hall–Kier alpha value is -1.07. The minimum Gasteiger partial charge on any atom is -0.382 e. The Bertz CT molecular complexity index is 517. The lowest BCUT2D eigenvalue weighted by Gasteiger charge is -2.30. The molecule has 1 aromatic rings. The van der Waals surface area contributed by atoms with Gasteiger partial charge in [0.05, 0.1) is 11.9 Å². The summed E-state index contributed by atoms with van der Waals surface area (Å²) in [5.74, 6) is 0.599. The van der Waals surface area contributed by atoms with Crippen LogP contribution in [0.2, 0.25) is 5.02 Å². The number of rotatable bonds is 6. The molecule has 1 aliphatic rings. The van der Waals surface area contributed by atoms with Crippen LogP contribution in [0.5, 0.6) is 0 Å². The van der Waals surface area contributed by atoms with Crippen LogP contribution in [-0.2, 0) is 6.54 Å². The molecule has 1 fully saturated rings. The summed E-state index contributed by atoms with van der Waals surface area (Å²) in [7, 11) is 2.15. The van der Waals surface area contributed by atoms with Crippen molar-refractivity contribution in [2.24, 2.45) is 5.92 Å². The molecule has 0 saturated carbocycles. The number of nitrogens with one attached hydrogen (secondary N) is 1. The third kappa shape index (κ3) is 4.45. The highest BCUT2D eigenvalue weighted by molar-refractivity contribution is 6.32. The van der Waals surface area contributed by atoms with Crippen LogP contribution in [0, 0.1) is 5.92 Å². The lowest BCUT2D eigenvalue weighted by Crippen LogP contribution is -2.35. The van der Waals surface area contributed by atoms with E-state index in [4.69, 9.17) is 11.6 Å². The highest BCUT2D eigenvalue weighted by Crippen LogP contribution is 2.19. The van der Waals surface area contributed by atoms with Crippen LogP contribution >= 0.6 is 11.6 Å². The summed E-state index contributed by atoms with van der Waals surface area (Å²) in [6.45, 7) is 5.81. The Morgan fingerprint density at radius 3 is 3.05 bits per heavy atom. The van der Waals surface area contributed by atoms with Gasteiger partial charge in [-0.05, 0) is 38.8 Å². The molecule has 2 heterocycles. The van der Waals surface area contributed by atoms with Crippen molar-refractivity contribution in [2.45, 2.75) is 39.2 Å². The fraction of sp³-hybridized carbons (Fsp3) is 0.733. The Balaban J connectivity index is 1.97. The molecule has 1 N–H and O–H groups in total. The highest BCUT2D eigenvalue weighted by Gasteiger charge is 2.17. The Morgan fingerprint density at radius 2 is 2.33 bits per heavy atom. The summed E-state index contributed by atoms with van der Waals surface area (Å²) in [5.41, 5.74) is 0.457. The molecule has 6 heteroatoms. The molecule has 0 spiro atoms. The van der Waals surface area contributed by atoms with Gasteiger partial charge in [0.25, 0.3) is 5.56 Å².